The Morgan fingerprint density at radius 3 is 2.79 bits per heavy atom. The highest BCUT2D eigenvalue weighted by Gasteiger charge is 2.21. The molecule has 2 heterocycles. The molecular formula is C18H19ClN2O3. The second-order valence-electron chi connectivity index (χ2n) is 5.51. The van der Waals surface area contributed by atoms with E-state index in [1.807, 2.05) is 6.07 Å². The standard InChI is InChI=1S/C18H19ClN2O3/c19-14-5-3-6-15(13-14)23-11-12-24-18(22)16-7-4-8-20-17(16)21-9-1-2-10-21/h3-8,13H,1-2,9-12H2. The van der Waals surface area contributed by atoms with Crippen molar-refractivity contribution in [1.82, 2.24) is 4.98 Å². The zero-order valence-electron chi connectivity index (χ0n) is 13.3. The van der Waals surface area contributed by atoms with Gasteiger partial charge in [-0.25, -0.2) is 9.78 Å². The number of halogens is 1. The van der Waals surface area contributed by atoms with Gasteiger partial charge in [0.2, 0.25) is 0 Å². The first-order valence-corrected chi connectivity index (χ1v) is 8.37. The minimum atomic E-state index is -0.375. The largest absolute Gasteiger partial charge is 0.490 e. The van der Waals surface area contributed by atoms with E-state index in [0.29, 0.717) is 22.2 Å². The maximum atomic E-state index is 12.3. The van der Waals surface area contributed by atoms with Gasteiger partial charge in [-0.3, -0.25) is 0 Å². The molecule has 1 saturated heterocycles. The molecule has 0 amide bonds. The quantitative estimate of drug-likeness (QED) is 0.591. The molecule has 0 N–H and O–H groups in total. The Kier molecular flexibility index (Phi) is 5.54. The van der Waals surface area contributed by atoms with Gasteiger partial charge in [0, 0.05) is 24.3 Å². The van der Waals surface area contributed by atoms with Gasteiger partial charge in [-0.15, -0.1) is 0 Å². The van der Waals surface area contributed by atoms with Crippen molar-refractivity contribution >= 4 is 23.4 Å². The zero-order valence-corrected chi connectivity index (χ0v) is 14.0. The summed E-state index contributed by atoms with van der Waals surface area (Å²) in [5, 5.41) is 0.607. The minimum absolute atomic E-state index is 0.166. The lowest BCUT2D eigenvalue weighted by atomic mass is 10.2. The molecule has 0 saturated carbocycles. The van der Waals surface area contributed by atoms with E-state index >= 15 is 0 Å². The Bertz CT molecular complexity index is 702. The van der Waals surface area contributed by atoms with Crippen LogP contribution in [0.25, 0.3) is 0 Å². The van der Waals surface area contributed by atoms with Crippen LogP contribution in [0, 0.1) is 0 Å². The number of ether oxygens (including phenoxy) is 2. The average molecular weight is 347 g/mol. The molecule has 24 heavy (non-hydrogen) atoms. The Labute approximate surface area is 146 Å². The van der Waals surface area contributed by atoms with Crippen molar-refractivity contribution in [3.63, 3.8) is 0 Å². The number of pyridine rings is 1. The van der Waals surface area contributed by atoms with Crippen molar-refractivity contribution in [2.24, 2.45) is 0 Å². The van der Waals surface area contributed by atoms with Crippen LogP contribution in [0.5, 0.6) is 5.75 Å². The summed E-state index contributed by atoms with van der Waals surface area (Å²) in [5.41, 5.74) is 0.502. The van der Waals surface area contributed by atoms with Crippen molar-refractivity contribution in [3.8, 4) is 5.75 Å². The lowest BCUT2D eigenvalue weighted by Crippen LogP contribution is -2.23. The molecule has 1 aliphatic rings. The van der Waals surface area contributed by atoms with Gasteiger partial charge in [0.05, 0.1) is 0 Å². The van der Waals surface area contributed by atoms with Crippen molar-refractivity contribution in [1.29, 1.82) is 0 Å². The minimum Gasteiger partial charge on any atom is -0.490 e. The number of nitrogens with zero attached hydrogens (tertiary/aromatic N) is 2. The number of hydrogen-bond acceptors (Lipinski definition) is 5. The lowest BCUT2D eigenvalue weighted by molar-refractivity contribution is 0.0451. The molecule has 5 nitrogen and oxygen atoms in total. The molecule has 6 heteroatoms. The van der Waals surface area contributed by atoms with Gasteiger partial charge < -0.3 is 14.4 Å². The van der Waals surface area contributed by atoms with Gasteiger partial charge in [-0.05, 0) is 43.2 Å². The Hall–Kier alpha value is -2.27. The molecule has 2 aromatic rings. The van der Waals surface area contributed by atoms with E-state index in [1.54, 1.807) is 36.5 Å². The fourth-order valence-electron chi connectivity index (χ4n) is 2.67. The van der Waals surface area contributed by atoms with Gasteiger partial charge in [0.1, 0.15) is 30.3 Å². The Morgan fingerprint density at radius 2 is 2.00 bits per heavy atom. The topological polar surface area (TPSA) is 51.7 Å². The number of benzene rings is 1. The van der Waals surface area contributed by atoms with Crippen LogP contribution in [-0.2, 0) is 4.74 Å². The molecular weight excluding hydrogens is 328 g/mol. The van der Waals surface area contributed by atoms with E-state index in [9.17, 15) is 4.79 Å². The summed E-state index contributed by atoms with van der Waals surface area (Å²) < 4.78 is 10.8. The number of aromatic nitrogens is 1. The monoisotopic (exact) mass is 346 g/mol. The van der Waals surface area contributed by atoms with E-state index < -0.39 is 0 Å². The number of anilines is 1. The van der Waals surface area contributed by atoms with Crippen molar-refractivity contribution in [2.75, 3.05) is 31.2 Å². The van der Waals surface area contributed by atoms with E-state index in [0.717, 1.165) is 25.9 Å². The van der Waals surface area contributed by atoms with Gasteiger partial charge in [0.15, 0.2) is 0 Å². The maximum absolute atomic E-state index is 12.3. The lowest BCUT2D eigenvalue weighted by Gasteiger charge is -2.19. The summed E-state index contributed by atoms with van der Waals surface area (Å²) in [5.74, 6) is 0.980. The molecule has 1 fully saturated rings. The van der Waals surface area contributed by atoms with Crippen molar-refractivity contribution < 1.29 is 14.3 Å². The predicted molar refractivity (Wildman–Crippen MR) is 92.9 cm³/mol. The predicted octanol–water partition coefficient (Wildman–Crippen LogP) is 3.57. The second kappa shape index (κ2) is 8.02. The second-order valence-corrected chi connectivity index (χ2v) is 5.95. The molecule has 0 atom stereocenters. The number of esters is 1. The Morgan fingerprint density at radius 1 is 1.17 bits per heavy atom. The van der Waals surface area contributed by atoms with Crippen molar-refractivity contribution in [2.45, 2.75) is 12.8 Å². The fraction of sp³-hybridized carbons (Fsp3) is 0.333. The average Bonchev–Trinajstić information content (AvgIpc) is 3.13. The summed E-state index contributed by atoms with van der Waals surface area (Å²) in [4.78, 5) is 18.8. The zero-order chi connectivity index (χ0) is 16.8. The van der Waals surface area contributed by atoms with Crippen LogP contribution in [0.4, 0.5) is 5.82 Å². The van der Waals surface area contributed by atoms with Crippen LogP contribution >= 0.6 is 11.6 Å². The summed E-state index contributed by atoms with van der Waals surface area (Å²) in [7, 11) is 0. The van der Waals surface area contributed by atoms with Crippen LogP contribution < -0.4 is 9.64 Å². The fourth-order valence-corrected chi connectivity index (χ4v) is 2.85. The van der Waals surface area contributed by atoms with Crippen LogP contribution in [0.3, 0.4) is 0 Å². The molecule has 1 aromatic carbocycles. The molecule has 0 bridgehead atoms. The maximum Gasteiger partial charge on any atom is 0.342 e. The normalized spacial score (nSPS) is 13.8. The van der Waals surface area contributed by atoms with E-state index in [-0.39, 0.29) is 19.2 Å². The molecule has 3 rings (SSSR count). The first kappa shape index (κ1) is 16.6. The highest BCUT2D eigenvalue weighted by Crippen LogP contribution is 2.22. The van der Waals surface area contributed by atoms with E-state index in [1.165, 1.54) is 0 Å². The number of carbonyl (C=O) groups is 1. The molecule has 0 spiro atoms. The molecule has 1 aliphatic heterocycles. The number of carbonyl (C=O) groups excluding carboxylic acids is 1. The van der Waals surface area contributed by atoms with Crippen LogP contribution in [-0.4, -0.2) is 37.3 Å². The summed E-state index contributed by atoms with van der Waals surface area (Å²) in [6, 6.07) is 10.6. The summed E-state index contributed by atoms with van der Waals surface area (Å²) >= 11 is 5.89. The smallest absolute Gasteiger partial charge is 0.342 e. The molecule has 0 radical (unpaired) electrons. The number of rotatable bonds is 6. The summed E-state index contributed by atoms with van der Waals surface area (Å²) in [6.45, 7) is 2.29. The van der Waals surface area contributed by atoms with Gasteiger partial charge >= 0.3 is 5.97 Å². The first-order valence-electron chi connectivity index (χ1n) is 7.99. The highest BCUT2D eigenvalue weighted by molar-refractivity contribution is 6.30. The van der Waals surface area contributed by atoms with Crippen LogP contribution in [0.15, 0.2) is 42.6 Å². The third-order valence-electron chi connectivity index (χ3n) is 3.79. The molecule has 0 unspecified atom stereocenters. The highest BCUT2D eigenvalue weighted by atomic mass is 35.5. The van der Waals surface area contributed by atoms with Gasteiger partial charge in [0.25, 0.3) is 0 Å². The molecule has 126 valence electrons. The van der Waals surface area contributed by atoms with E-state index in [2.05, 4.69) is 9.88 Å². The van der Waals surface area contributed by atoms with Crippen LogP contribution in [0.2, 0.25) is 5.02 Å². The SMILES string of the molecule is O=C(OCCOc1cccc(Cl)c1)c1cccnc1N1CCCC1. The summed E-state index contributed by atoms with van der Waals surface area (Å²) in [6.07, 6.45) is 3.95. The third kappa shape index (κ3) is 4.17. The first-order chi connectivity index (χ1) is 11.7. The van der Waals surface area contributed by atoms with Gasteiger partial charge in [-0.2, -0.15) is 0 Å². The van der Waals surface area contributed by atoms with Crippen LogP contribution in [0.1, 0.15) is 23.2 Å². The molecule has 0 aliphatic carbocycles. The number of hydrogen-bond donors (Lipinski definition) is 0. The molecule has 1 aromatic heterocycles. The third-order valence-corrected chi connectivity index (χ3v) is 4.03. The van der Waals surface area contributed by atoms with Crippen molar-refractivity contribution in [3.05, 3.63) is 53.2 Å². The Balaban J connectivity index is 1.54. The van der Waals surface area contributed by atoms with Gasteiger partial charge in [-0.1, -0.05) is 17.7 Å². The van der Waals surface area contributed by atoms with E-state index in [4.69, 9.17) is 21.1 Å².